The van der Waals surface area contributed by atoms with Crippen LogP contribution in [0.15, 0.2) is 18.2 Å². The van der Waals surface area contributed by atoms with E-state index in [1.54, 1.807) is 0 Å². The Kier molecular flexibility index (Phi) is 3.44. The number of hydrogen-bond acceptors (Lipinski definition) is 2. The number of amides is 1. The third-order valence-electron chi connectivity index (χ3n) is 2.88. The van der Waals surface area contributed by atoms with Gasteiger partial charge in [0, 0.05) is 24.3 Å². The van der Waals surface area contributed by atoms with E-state index < -0.39 is 0 Å². The Hall–Kier alpha value is -1.51. The normalized spacial score (nSPS) is 13.8. The Balaban J connectivity index is 2.23. The molecule has 86 valence electrons. The maximum Gasteiger partial charge on any atom is 0.251 e. The van der Waals surface area contributed by atoms with E-state index in [-0.39, 0.29) is 5.91 Å². The van der Waals surface area contributed by atoms with Gasteiger partial charge in [-0.05, 0) is 37.0 Å². The van der Waals surface area contributed by atoms with Crippen molar-refractivity contribution >= 4 is 11.6 Å². The van der Waals surface area contributed by atoms with Gasteiger partial charge in [0.2, 0.25) is 0 Å². The molecule has 0 saturated heterocycles. The van der Waals surface area contributed by atoms with E-state index in [1.807, 2.05) is 18.2 Å². The maximum atomic E-state index is 11.9. The third-order valence-corrected chi connectivity index (χ3v) is 2.88. The molecule has 0 aromatic heterocycles. The molecule has 0 bridgehead atoms. The highest BCUT2D eigenvalue weighted by Crippen LogP contribution is 2.25. The van der Waals surface area contributed by atoms with Gasteiger partial charge in [-0.25, -0.2) is 0 Å². The number of fused-ring (bicyclic) bond motifs is 1. The fourth-order valence-electron chi connectivity index (χ4n) is 2.06. The molecule has 2 N–H and O–H groups in total. The van der Waals surface area contributed by atoms with E-state index in [2.05, 4.69) is 17.6 Å². The highest BCUT2D eigenvalue weighted by Gasteiger charge is 2.16. The molecule has 0 saturated carbocycles. The Bertz CT molecular complexity index is 388. The van der Waals surface area contributed by atoms with Gasteiger partial charge in [-0.1, -0.05) is 13.0 Å². The molecule has 2 rings (SSSR count). The molecule has 0 spiro atoms. The van der Waals surface area contributed by atoms with E-state index in [1.165, 1.54) is 5.56 Å². The Morgan fingerprint density at radius 3 is 3.19 bits per heavy atom. The van der Waals surface area contributed by atoms with Gasteiger partial charge in [0.15, 0.2) is 0 Å². The van der Waals surface area contributed by atoms with Gasteiger partial charge < -0.3 is 10.6 Å². The van der Waals surface area contributed by atoms with Crippen molar-refractivity contribution in [2.75, 3.05) is 18.4 Å². The van der Waals surface area contributed by atoms with Gasteiger partial charge in [-0.3, -0.25) is 4.79 Å². The molecular formula is C13H18N2O. The van der Waals surface area contributed by atoms with Gasteiger partial charge >= 0.3 is 0 Å². The van der Waals surface area contributed by atoms with E-state index >= 15 is 0 Å². The van der Waals surface area contributed by atoms with Gasteiger partial charge in [0.05, 0.1) is 0 Å². The standard InChI is InChI=1S/C13H18N2O/c1-2-8-15-13(16)11-5-3-7-12-10(11)6-4-9-14-12/h3,5,7,14H,2,4,6,8-9H2,1H3,(H,15,16). The number of rotatable bonds is 3. The molecule has 3 nitrogen and oxygen atoms in total. The molecule has 1 aliphatic heterocycles. The summed E-state index contributed by atoms with van der Waals surface area (Å²) in [5.41, 5.74) is 3.12. The first-order chi connectivity index (χ1) is 7.83. The first-order valence-corrected chi connectivity index (χ1v) is 5.97. The quantitative estimate of drug-likeness (QED) is 0.816. The van der Waals surface area contributed by atoms with Crippen LogP contribution < -0.4 is 10.6 Å². The molecule has 0 atom stereocenters. The van der Waals surface area contributed by atoms with Gasteiger partial charge in [-0.15, -0.1) is 0 Å². The average Bonchev–Trinajstić information content (AvgIpc) is 2.35. The average molecular weight is 218 g/mol. The Morgan fingerprint density at radius 2 is 2.38 bits per heavy atom. The molecule has 1 heterocycles. The van der Waals surface area contributed by atoms with E-state index in [9.17, 15) is 4.79 Å². The maximum absolute atomic E-state index is 11.9. The smallest absolute Gasteiger partial charge is 0.251 e. The van der Waals surface area contributed by atoms with Crippen molar-refractivity contribution in [1.82, 2.24) is 5.32 Å². The van der Waals surface area contributed by atoms with Crippen molar-refractivity contribution in [2.24, 2.45) is 0 Å². The monoisotopic (exact) mass is 218 g/mol. The van der Waals surface area contributed by atoms with Gasteiger partial charge in [-0.2, -0.15) is 0 Å². The lowest BCUT2D eigenvalue weighted by atomic mass is 9.97. The second kappa shape index (κ2) is 5.01. The lowest BCUT2D eigenvalue weighted by molar-refractivity contribution is 0.0952. The van der Waals surface area contributed by atoms with Crippen LogP contribution >= 0.6 is 0 Å². The summed E-state index contributed by atoms with van der Waals surface area (Å²) >= 11 is 0. The molecule has 0 unspecified atom stereocenters. The second-order valence-electron chi connectivity index (χ2n) is 4.12. The summed E-state index contributed by atoms with van der Waals surface area (Å²) in [6, 6.07) is 5.90. The summed E-state index contributed by atoms with van der Waals surface area (Å²) in [6.45, 7) is 3.81. The summed E-state index contributed by atoms with van der Waals surface area (Å²) < 4.78 is 0. The minimum Gasteiger partial charge on any atom is -0.385 e. The molecule has 1 aliphatic rings. The zero-order valence-electron chi connectivity index (χ0n) is 9.68. The van der Waals surface area contributed by atoms with Crippen molar-refractivity contribution in [3.8, 4) is 0 Å². The fraction of sp³-hybridized carbons (Fsp3) is 0.462. The molecule has 16 heavy (non-hydrogen) atoms. The Morgan fingerprint density at radius 1 is 1.50 bits per heavy atom. The predicted molar refractivity (Wildman–Crippen MR) is 65.9 cm³/mol. The number of benzene rings is 1. The largest absolute Gasteiger partial charge is 0.385 e. The lowest BCUT2D eigenvalue weighted by Gasteiger charge is -2.20. The first-order valence-electron chi connectivity index (χ1n) is 5.97. The fourth-order valence-corrected chi connectivity index (χ4v) is 2.06. The van der Waals surface area contributed by atoms with Crippen LogP contribution in [-0.4, -0.2) is 19.0 Å². The minimum atomic E-state index is 0.0578. The predicted octanol–water partition coefficient (Wildman–Crippen LogP) is 2.18. The third kappa shape index (κ3) is 2.18. The van der Waals surface area contributed by atoms with Crippen LogP contribution in [0.4, 0.5) is 5.69 Å². The molecule has 0 radical (unpaired) electrons. The van der Waals surface area contributed by atoms with Gasteiger partial charge in [0.1, 0.15) is 0 Å². The van der Waals surface area contributed by atoms with Crippen molar-refractivity contribution in [3.05, 3.63) is 29.3 Å². The molecule has 1 aromatic rings. The molecule has 1 aromatic carbocycles. The second-order valence-corrected chi connectivity index (χ2v) is 4.12. The summed E-state index contributed by atoms with van der Waals surface area (Å²) in [4.78, 5) is 11.9. The SMILES string of the molecule is CCCNC(=O)c1cccc2c1CCCN2. The van der Waals surface area contributed by atoms with Crippen LogP contribution in [-0.2, 0) is 6.42 Å². The van der Waals surface area contributed by atoms with Crippen molar-refractivity contribution in [2.45, 2.75) is 26.2 Å². The summed E-state index contributed by atoms with van der Waals surface area (Å²) in [5, 5.41) is 6.27. The molecule has 3 heteroatoms. The molecule has 1 amide bonds. The molecule has 0 aliphatic carbocycles. The highest BCUT2D eigenvalue weighted by molar-refractivity contribution is 5.97. The number of nitrogens with one attached hydrogen (secondary N) is 2. The van der Waals surface area contributed by atoms with Crippen LogP contribution in [0.1, 0.15) is 35.7 Å². The minimum absolute atomic E-state index is 0.0578. The summed E-state index contributed by atoms with van der Waals surface area (Å²) in [6.07, 6.45) is 3.07. The van der Waals surface area contributed by atoms with Crippen LogP contribution in [0.3, 0.4) is 0 Å². The number of carbonyl (C=O) groups is 1. The molecule has 0 fully saturated rings. The van der Waals surface area contributed by atoms with E-state index in [0.29, 0.717) is 0 Å². The van der Waals surface area contributed by atoms with Crippen molar-refractivity contribution < 1.29 is 4.79 Å². The van der Waals surface area contributed by atoms with Crippen molar-refractivity contribution in [3.63, 3.8) is 0 Å². The van der Waals surface area contributed by atoms with Gasteiger partial charge in [0.25, 0.3) is 5.91 Å². The number of hydrogen-bond donors (Lipinski definition) is 2. The van der Waals surface area contributed by atoms with E-state index in [0.717, 1.165) is 43.6 Å². The van der Waals surface area contributed by atoms with Crippen LogP contribution in [0.2, 0.25) is 0 Å². The number of anilines is 1. The zero-order valence-corrected chi connectivity index (χ0v) is 9.68. The van der Waals surface area contributed by atoms with Crippen molar-refractivity contribution in [1.29, 1.82) is 0 Å². The zero-order chi connectivity index (χ0) is 11.4. The number of carbonyl (C=O) groups excluding carboxylic acids is 1. The van der Waals surface area contributed by atoms with Crippen LogP contribution in [0, 0.1) is 0 Å². The summed E-state index contributed by atoms with van der Waals surface area (Å²) in [5.74, 6) is 0.0578. The highest BCUT2D eigenvalue weighted by atomic mass is 16.1. The lowest BCUT2D eigenvalue weighted by Crippen LogP contribution is -2.26. The Labute approximate surface area is 96.2 Å². The van der Waals surface area contributed by atoms with E-state index in [4.69, 9.17) is 0 Å². The van der Waals surface area contributed by atoms with Crippen LogP contribution in [0.5, 0.6) is 0 Å². The van der Waals surface area contributed by atoms with Crippen LogP contribution in [0.25, 0.3) is 0 Å². The topological polar surface area (TPSA) is 41.1 Å². The first kappa shape index (κ1) is 11.0. The molecular weight excluding hydrogens is 200 g/mol. The summed E-state index contributed by atoms with van der Waals surface area (Å²) in [7, 11) is 0.